The van der Waals surface area contributed by atoms with Crippen molar-refractivity contribution in [3.8, 4) is 0 Å². The fourth-order valence-electron chi connectivity index (χ4n) is 2.13. The largest absolute Gasteiger partial charge is 0.297 e. The summed E-state index contributed by atoms with van der Waals surface area (Å²) >= 11 is 0. The van der Waals surface area contributed by atoms with Crippen LogP contribution in [0.15, 0.2) is 77.7 Å². The Balaban J connectivity index is 1.80. The molecule has 0 aliphatic carbocycles. The van der Waals surface area contributed by atoms with Gasteiger partial charge in [0.2, 0.25) is 0 Å². The summed E-state index contributed by atoms with van der Waals surface area (Å²) in [4.78, 5) is 0.172. The van der Waals surface area contributed by atoms with Crippen LogP contribution in [-0.2, 0) is 20.9 Å². The van der Waals surface area contributed by atoms with Crippen LogP contribution in [0, 0.1) is 0 Å². The van der Waals surface area contributed by atoms with E-state index >= 15 is 0 Å². The normalized spacial score (nSPS) is 11.6. The number of hydrogen-bond donors (Lipinski definition) is 0. The van der Waals surface area contributed by atoms with Gasteiger partial charge in [-0.1, -0.05) is 54.6 Å². The summed E-state index contributed by atoms with van der Waals surface area (Å²) in [7, 11) is -3.71. The zero-order chi connectivity index (χ0) is 14.7. The molecule has 0 amide bonds. The maximum atomic E-state index is 12.0. The highest BCUT2D eigenvalue weighted by atomic mass is 32.2. The fourth-order valence-corrected chi connectivity index (χ4v) is 3.05. The van der Waals surface area contributed by atoms with E-state index in [1.807, 2.05) is 42.5 Å². The van der Waals surface area contributed by atoms with Crippen molar-refractivity contribution in [1.82, 2.24) is 0 Å². The Morgan fingerprint density at radius 2 is 1.43 bits per heavy atom. The summed E-state index contributed by atoms with van der Waals surface area (Å²) in [5.41, 5.74) is 0.827. The van der Waals surface area contributed by atoms with E-state index in [1.165, 1.54) is 12.1 Å². The average molecular weight is 298 g/mol. The molecule has 3 nitrogen and oxygen atoms in total. The Morgan fingerprint density at radius 1 is 0.762 bits per heavy atom. The molecule has 0 fully saturated rings. The first-order valence-corrected chi connectivity index (χ1v) is 7.98. The molecule has 0 saturated heterocycles. The molecule has 0 radical (unpaired) electrons. The first-order valence-electron chi connectivity index (χ1n) is 6.57. The molecule has 0 atom stereocenters. The third kappa shape index (κ3) is 3.12. The molecule has 0 aliphatic heterocycles. The molecule has 0 heterocycles. The van der Waals surface area contributed by atoms with Gasteiger partial charge in [-0.25, -0.2) is 0 Å². The smallest absolute Gasteiger partial charge is 0.262 e. The highest BCUT2D eigenvalue weighted by molar-refractivity contribution is 7.86. The van der Waals surface area contributed by atoms with Gasteiger partial charge in [0.25, 0.3) is 10.1 Å². The first kappa shape index (κ1) is 13.8. The van der Waals surface area contributed by atoms with Gasteiger partial charge in [0.15, 0.2) is 0 Å². The van der Waals surface area contributed by atoms with Crippen molar-refractivity contribution >= 4 is 20.9 Å². The lowest BCUT2D eigenvalue weighted by molar-refractivity contribution is 0.308. The predicted molar refractivity (Wildman–Crippen MR) is 82.4 cm³/mol. The van der Waals surface area contributed by atoms with Crippen molar-refractivity contribution in [1.29, 1.82) is 0 Å². The SMILES string of the molecule is O=S(=O)(OCc1ccc2ccccc2c1)c1ccccc1. The molecule has 0 unspecified atom stereocenters. The number of rotatable bonds is 4. The van der Waals surface area contributed by atoms with Gasteiger partial charge < -0.3 is 0 Å². The summed E-state index contributed by atoms with van der Waals surface area (Å²) in [6.45, 7) is 0.0298. The van der Waals surface area contributed by atoms with Gasteiger partial charge in [0.1, 0.15) is 0 Å². The molecule has 4 heteroatoms. The van der Waals surface area contributed by atoms with Crippen LogP contribution in [0.3, 0.4) is 0 Å². The average Bonchev–Trinajstić information content (AvgIpc) is 2.54. The van der Waals surface area contributed by atoms with Crippen molar-refractivity contribution in [2.75, 3.05) is 0 Å². The lowest BCUT2D eigenvalue weighted by Gasteiger charge is -2.06. The molecule has 0 bridgehead atoms. The summed E-state index contributed by atoms with van der Waals surface area (Å²) in [6.07, 6.45) is 0. The van der Waals surface area contributed by atoms with Crippen LogP contribution < -0.4 is 0 Å². The van der Waals surface area contributed by atoms with E-state index in [0.29, 0.717) is 0 Å². The summed E-state index contributed by atoms with van der Waals surface area (Å²) in [6, 6.07) is 21.9. The van der Waals surface area contributed by atoms with E-state index < -0.39 is 10.1 Å². The zero-order valence-corrected chi connectivity index (χ0v) is 12.1. The van der Waals surface area contributed by atoms with E-state index in [9.17, 15) is 8.42 Å². The van der Waals surface area contributed by atoms with Gasteiger partial charge >= 0.3 is 0 Å². The summed E-state index contributed by atoms with van der Waals surface area (Å²) in [5.74, 6) is 0. The topological polar surface area (TPSA) is 43.4 Å². The second-order valence-electron chi connectivity index (χ2n) is 4.71. The van der Waals surface area contributed by atoms with Gasteiger partial charge in [-0.3, -0.25) is 4.18 Å². The molecule has 0 aromatic heterocycles. The minimum atomic E-state index is -3.71. The zero-order valence-electron chi connectivity index (χ0n) is 11.3. The van der Waals surface area contributed by atoms with E-state index in [1.54, 1.807) is 18.2 Å². The van der Waals surface area contributed by atoms with Gasteiger partial charge in [-0.15, -0.1) is 0 Å². The molecule has 0 N–H and O–H groups in total. The molecular weight excluding hydrogens is 284 g/mol. The van der Waals surface area contributed by atoms with Gasteiger partial charge in [0.05, 0.1) is 11.5 Å². The molecule has 0 saturated carbocycles. The lowest BCUT2D eigenvalue weighted by atomic mass is 10.1. The molecule has 0 aliphatic rings. The van der Waals surface area contributed by atoms with Crippen LogP contribution in [0.25, 0.3) is 10.8 Å². The van der Waals surface area contributed by atoms with E-state index in [2.05, 4.69) is 0 Å². The molecule has 21 heavy (non-hydrogen) atoms. The molecule has 3 aromatic carbocycles. The molecule has 3 rings (SSSR count). The molecule has 0 spiro atoms. The first-order chi connectivity index (χ1) is 10.1. The number of fused-ring (bicyclic) bond motifs is 1. The molecule has 3 aromatic rings. The quantitative estimate of drug-likeness (QED) is 0.689. The maximum Gasteiger partial charge on any atom is 0.297 e. The minimum absolute atomic E-state index is 0.0298. The standard InChI is InChI=1S/C17H14O3S/c18-21(19,17-8-2-1-3-9-17)20-13-14-10-11-15-6-4-5-7-16(15)12-14/h1-12H,13H2. The highest BCUT2D eigenvalue weighted by Crippen LogP contribution is 2.18. The van der Waals surface area contributed by atoms with E-state index in [0.717, 1.165) is 16.3 Å². The number of hydrogen-bond acceptors (Lipinski definition) is 3. The van der Waals surface area contributed by atoms with Gasteiger partial charge in [-0.2, -0.15) is 8.42 Å². The Hall–Kier alpha value is -2.17. The monoisotopic (exact) mass is 298 g/mol. The third-order valence-electron chi connectivity index (χ3n) is 3.23. The summed E-state index contributed by atoms with van der Waals surface area (Å²) < 4.78 is 29.2. The lowest BCUT2D eigenvalue weighted by Crippen LogP contribution is -2.06. The van der Waals surface area contributed by atoms with Gasteiger partial charge in [-0.05, 0) is 34.5 Å². The van der Waals surface area contributed by atoms with E-state index in [-0.39, 0.29) is 11.5 Å². The maximum absolute atomic E-state index is 12.0. The predicted octanol–water partition coefficient (Wildman–Crippen LogP) is 3.75. The highest BCUT2D eigenvalue weighted by Gasteiger charge is 2.14. The molecular formula is C17H14O3S. The summed E-state index contributed by atoms with van der Waals surface area (Å²) in [5, 5.41) is 2.18. The molecule has 106 valence electrons. The van der Waals surface area contributed by atoms with Crippen molar-refractivity contribution in [2.45, 2.75) is 11.5 Å². The van der Waals surface area contributed by atoms with Crippen LogP contribution >= 0.6 is 0 Å². The van der Waals surface area contributed by atoms with Crippen LogP contribution in [0.1, 0.15) is 5.56 Å². The van der Waals surface area contributed by atoms with Gasteiger partial charge in [0, 0.05) is 0 Å². The second-order valence-corrected chi connectivity index (χ2v) is 6.33. The van der Waals surface area contributed by atoms with Crippen molar-refractivity contribution in [2.24, 2.45) is 0 Å². The van der Waals surface area contributed by atoms with Crippen LogP contribution in [0.5, 0.6) is 0 Å². The Kier molecular flexibility index (Phi) is 3.73. The Bertz CT molecular complexity index is 855. The van der Waals surface area contributed by atoms with Crippen molar-refractivity contribution in [3.63, 3.8) is 0 Å². The van der Waals surface area contributed by atoms with Crippen molar-refractivity contribution in [3.05, 3.63) is 78.4 Å². The Morgan fingerprint density at radius 3 is 2.19 bits per heavy atom. The second kappa shape index (κ2) is 5.68. The van der Waals surface area contributed by atoms with Crippen molar-refractivity contribution < 1.29 is 12.6 Å². The van der Waals surface area contributed by atoms with Crippen LogP contribution in [-0.4, -0.2) is 8.42 Å². The van der Waals surface area contributed by atoms with E-state index in [4.69, 9.17) is 4.18 Å². The Labute approximate surface area is 123 Å². The fraction of sp³-hybridized carbons (Fsp3) is 0.0588. The minimum Gasteiger partial charge on any atom is -0.262 e. The van der Waals surface area contributed by atoms with Crippen LogP contribution in [0.4, 0.5) is 0 Å². The van der Waals surface area contributed by atoms with Crippen LogP contribution in [0.2, 0.25) is 0 Å². The number of benzene rings is 3. The third-order valence-corrected chi connectivity index (χ3v) is 4.50.